The largest absolute Gasteiger partial charge is 0.383 e. The maximum absolute atomic E-state index is 13.2. The minimum atomic E-state index is -0.665. The van der Waals surface area contributed by atoms with Gasteiger partial charge in [-0.15, -0.1) is 0 Å². The number of nitrogen functional groups attached to an aromatic ring is 3. The summed E-state index contributed by atoms with van der Waals surface area (Å²) in [7, 11) is 6.39. The SMILES string of the molecule is Cc1cc(NC(=O)C(=O)N2CC(C)CCC2c2ccc(N3CCN(C)CC3)nc2)cnc1N.Cc1cc(NC(=O)C(=O)N2C[C@@H](C)CC[C@@H]2c2ccc(N3CCN(C)CC3)nc2)cnc1N.Cc1cc(NC(=O)C(=O)N2C[C@H](C)CC[C@H]2c2ccc(N3CCN(C)CC3)nc2)cnc1N. The Labute approximate surface area is 581 Å². The number of piperazine rings is 3. The standard InChI is InChI=1S/3C24H33N7O2/c3*1-16-4-6-20(18-5-7-21(26-13-18)30-10-8-29(3)9-11-30)31(15-16)24(33)23(32)28-19-12-17(2)22(25)27-14-19/h3*5,7,12-14,16,20H,4,6,8-11,15H2,1-3H3,(H2,25,27)(H,28,32)/t2*16-,20+;/m10./s1. The van der Waals surface area contributed by atoms with Gasteiger partial charge in [-0.3, -0.25) is 28.8 Å². The number of carbonyl (C=O) groups is 6. The molecule has 0 radical (unpaired) electrons. The van der Waals surface area contributed by atoms with Gasteiger partial charge in [0.2, 0.25) is 0 Å². The highest BCUT2D eigenvalue weighted by molar-refractivity contribution is 6.40. The second-order valence-electron chi connectivity index (χ2n) is 27.8. The van der Waals surface area contributed by atoms with Crippen molar-refractivity contribution < 1.29 is 28.8 Å². The van der Waals surface area contributed by atoms with Crippen molar-refractivity contribution in [2.75, 3.05) is 167 Å². The van der Waals surface area contributed by atoms with Gasteiger partial charge < -0.3 is 77.3 Å². The van der Waals surface area contributed by atoms with Crippen molar-refractivity contribution in [3.8, 4) is 0 Å². The van der Waals surface area contributed by atoms with E-state index in [9.17, 15) is 28.8 Å². The van der Waals surface area contributed by atoms with E-state index in [2.05, 4.69) is 102 Å². The number of aromatic nitrogens is 6. The van der Waals surface area contributed by atoms with E-state index in [1.165, 1.54) is 18.6 Å². The highest BCUT2D eigenvalue weighted by Gasteiger charge is 2.38. The van der Waals surface area contributed by atoms with E-state index >= 15 is 0 Å². The summed E-state index contributed by atoms with van der Waals surface area (Å²) < 4.78 is 0. The fraction of sp³-hybridized carbons (Fsp3) is 0.500. The van der Waals surface area contributed by atoms with E-state index < -0.39 is 35.4 Å². The third kappa shape index (κ3) is 18.6. The molecule has 0 saturated carbocycles. The normalized spacial score (nSPS) is 21.7. The second-order valence-corrected chi connectivity index (χ2v) is 27.8. The Morgan fingerprint density at radius 3 is 0.838 bits per heavy atom. The molecule has 0 bridgehead atoms. The van der Waals surface area contributed by atoms with Crippen molar-refractivity contribution in [1.29, 1.82) is 0 Å². The molecule has 6 aliphatic rings. The van der Waals surface area contributed by atoms with Crippen LogP contribution in [0, 0.1) is 38.5 Å². The third-order valence-corrected chi connectivity index (χ3v) is 19.9. The molecule has 6 fully saturated rings. The van der Waals surface area contributed by atoms with Crippen molar-refractivity contribution >= 4 is 87.4 Å². The van der Waals surface area contributed by atoms with E-state index in [-0.39, 0.29) is 18.1 Å². The molecular weight excluding hydrogens is 1250 g/mol. The molecule has 528 valence electrons. The van der Waals surface area contributed by atoms with Crippen LogP contribution < -0.4 is 47.9 Å². The van der Waals surface area contributed by atoms with Gasteiger partial charge in [-0.25, -0.2) is 29.9 Å². The number of anilines is 9. The maximum atomic E-state index is 13.2. The van der Waals surface area contributed by atoms with Gasteiger partial charge in [0.25, 0.3) is 0 Å². The lowest BCUT2D eigenvalue weighted by Gasteiger charge is -2.38. The van der Waals surface area contributed by atoms with Gasteiger partial charge in [0, 0.05) is 117 Å². The lowest BCUT2D eigenvalue weighted by Crippen LogP contribution is -2.46. The molecule has 2 unspecified atom stereocenters. The van der Waals surface area contributed by atoms with Gasteiger partial charge in [-0.1, -0.05) is 39.0 Å². The Bertz CT molecular complexity index is 3390. The summed E-state index contributed by atoms with van der Waals surface area (Å²) in [6.45, 7) is 25.2. The van der Waals surface area contributed by atoms with Gasteiger partial charge in [-0.05, 0) is 168 Å². The highest BCUT2D eigenvalue weighted by Crippen LogP contribution is 2.37. The Hall–Kier alpha value is -9.60. The minimum absolute atomic E-state index is 0.167. The summed E-state index contributed by atoms with van der Waals surface area (Å²) in [4.78, 5) is 123. The van der Waals surface area contributed by atoms with Gasteiger partial charge in [0.1, 0.15) is 34.9 Å². The summed E-state index contributed by atoms with van der Waals surface area (Å²) in [6.07, 6.45) is 15.4. The van der Waals surface area contributed by atoms with Crippen molar-refractivity contribution in [1.82, 2.24) is 59.3 Å². The molecule has 12 heterocycles. The number of hydrogen-bond donors (Lipinski definition) is 6. The molecule has 6 aromatic rings. The van der Waals surface area contributed by atoms with E-state index in [0.29, 0.717) is 71.9 Å². The second kappa shape index (κ2) is 32.8. The Balaban J connectivity index is 0.000000161. The lowest BCUT2D eigenvalue weighted by atomic mass is 9.90. The van der Waals surface area contributed by atoms with E-state index in [1.807, 2.05) is 55.0 Å². The summed E-state index contributed by atoms with van der Waals surface area (Å²) >= 11 is 0. The molecule has 0 aliphatic carbocycles. The molecular formula is C72H99N21O6. The summed E-state index contributed by atoms with van der Waals surface area (Å²) in [5, 5.41) is 8.03. The molecule has 0 aromatic carbocycles. The van der Waals surface area contributed by atoms with E-state index in [4.69, 9.17) is 32.2 Å². The van der Waals surface area contributed by atoms with Crippen LogP contribution in [-0.4, -0.2) is 214 Å². The smallest absolute Gasteiger partial charge is 0.313 e. The zero-order valence-electron chi connectivity index (χ0n) is 58.9. The maximum Gasteiger partial charge on any atom is 0.313 e. The van der Waals surface area contributed by atoms with Crippen LogP contribution in [0.2, 0.25) is 0 Å². The fourth-order valence-corrected chi connectivity index (χ4v) is 13.5. The average molecular weight is 1350 g/mol. The number of piperidine rings is 3. The number of pyridine rings is 6. The summed E-state index contributed by atoms with van der Waals surface area (Å²) in [6, 6.07) is 16.9. The van der Waals surface area contributed by atoms with Crippen LogP contribution in [0.25, 0.3) is 0 Å². The molecule has 6 atom stereocenters. The monoisotopic (exact) mass is 1350 g/mol. The van der Waals surface area contributed by atoms with Crippen molar-refractivity contribution in [2.45, 2.75) is 98.2 Å². The molecule has 12 rings (SSSR count). The van der Waals surface area contributed by atoms with Gasteiger partial charge in [-0.2, -0.15) is 0 Å². The predicted molar refractivity (Wildman–Crippen MR) is 386 cm³/mol. The van der Waals surface area contributed by atoms with Crippen molar-refractivity contribution in [3.63, 3.8) is 0 Å². The van der Waals surface area contributed by atoms with Crippen LogP contribution in [-0.2, 0) is 28.8 Å². The molecule has 9 N–H and O–H groups in total. The molecule has 6 amide bonds. The van der Waals surface area contributed by atoms with Crippen LogP contribution >= 0.6 is 0 Å². The number of amides is 6. The van der Waals surface area contributed by atoms with Crippen LogP contribution in [0.3, 0.4) is 0 Å². The average Bonchev–Trinajstić information content (AvgIpc) is 0.824. The zero-order valence-corrected chi connectivity index (χ0v) is 58.9. The number of hydrogen-bond acceptors (Lipinski definition) is 21. The number of aryl methyl sites for hydroxylation is 3. The Morgan fingerprint density at radius 2 is 0.616 bits per heavy atom. The lowest BCUT2D eigenvalue weighted by molar-refractivity contribution is -0.146. The molecule has 6 aromatic heterocycles. The number of nitrogens with one attached hydrogen (secondary N) is 3. The van der Waals surface area contributed by atoms with Gasteiger partial charge in [0.15, 0.2) is 0 Å². The fourth-order valence-electron chi connectivity index (χ4n) is 13.5. The third-order valence-electron chi connectivity index (χ3n) is 19.9. The first-order valence-electron chi connectivity index (χ1n) is 34.7. The number of likely N-dealkylation sites (N-methyl/N-ethyl adjacent to an activating group) is 3. The predicted octanol–water partition coefficient (Wildman–Crippen LogP) is 6.17. The summed E-state index contributed by atoms with van der Waals surface area (Å²) in [5.74, 6) is 1.45. The van der Waals surface area contributed by atoms with Crippen molar-refractivity contribution in [3.05, 3.63) is 125 Å². The molecule has 6 saturated heterocycles. The first kappa shape index (κ1) is 72.2. The first-order chi connectivity index (χ1) is 47.4. The number of likely N-dealkylation sites (tertiary alicyclic amines) is 3. The highest BCUT2D eigenvalue weighted by atomic mass is 16.2. The minimum Gasteiger partial charge on any atom is -0.383 e. The molecule has 0 spiro atoms. The van der Waals surface area contributed by atoms with Gasteiger partial charge >= 0.3 is 35.4 Å². The molecule has 27 nitrogen and oxygen atoms in total. The number of carbonyl (C=O) groups excluding carboxylic acids is 6. The summed E-state index contributed by atoms with van der Waals surface area (Å²) in [5.41, 5.74) is 23.8. The van der Waals surface area contributed by atoms with Gasteiger partial charge in [0.05, 0.1) is 53.8 Å². The topological polar surface area (TPSA) is 323 Å². The zero-order chi connectivity index (χ0) is 70.6. The number of nitrogens with two attached hydrogens (primary N) is 3. The van der Waals surface area contributed by atoms with Crippen molar-refractivity contribution in [2.24, 2.45) is 17.8 Å². The number of rotatable bonds is 9. The molecule has 27 heteroatoms. The van der Waals surface area contributed by atoms with Crippen LogP contribution in [0.5, 0.6) is 0 Å². The van der Waals surface area contributed by atoms with E-state index in [1.54, 1.807) is 53.7 Å². The quantitative estimate of drug-likeness (QED) is 0.0881. The molecule has 99 heavy (non-hydrogen) atoms. The molecule has 6 aliphatic heterocycles. The Kier molecular flexibility index (Phi) is 23.9. The first-order valence-corrected chi connectivity index (χ1v) is 34.7. The number of nitrogens with zero attached hydrogens (tertiary/aromatic N) is 15. The van der Waals surface area contributed by atoms with Crippen LogP contribution in [0.1, 0.15) is 111 Å². The van der Waals surface area contributed by atoms with E-state index in [0.717, 1.165) is 168 Å². The van der Waals surface area contributed by atoms with Crippen LogP contribution in [0.15, 0.2) is 91.8 Å². The van der Waals surface area contributed by atoms with Crippen LogP contribution in [0.4, 0.5) is 52.0 Å². The Morgan fingerprint density at radius 1 is 0.364 bits per heavy atom.